The molecule has 0 aliphatic rings. The molecule has 144 heavy (non-hydrogen) atoms. The number of phenolic OH excluding ortho intramolecular Hbond substituents is 8. The Hall–Kier alpha value is -18.1. The summed E-state index contributed by atoms with van der Waals surface area (Å²) in [6, 6.07) is 155. The fraction of sp³-hybridized carbons (Fsp3) is 0.0484. The molecule has 19 aromatic carbocycles. The SMILES string of the molecule is CC(C)c1cccc(C(C)C)c1NC(=O)c1ccccc1[O-].O=C(Nc1ccccc1)c1ccccc1[O-].O=C(Nc1ccccc1)c1ccccc1[O-].O=C(c1ccccc1)c1ccc(O)cc1O.Oc1ccc([P+](c2ccccc2)(c2ccccc2)c2ccccc2)cc1.Oc1ccc([P+](c2ccccc2)(c2ccccc2)c2ccccc2)cc1.Oc1ccccc1-c1ccccc1O.Oc1ccccc1O. The molecule has 0 aliphatic heterocycles. The largest absolute Gasteiger partial charge is 0.872 e. The van der Waals surface area contributed by atoms with Gasteiger partial charge in [-0.3, -0.25) is 19.2 Å². The van der Waals surface area contributed by atoms with Gasteiger partial charge in [0.05, 0.1) is 5.56 Å². The molecule has 0 atom stereocenters. The van der Waals surface area contributed by atoms with Gasteiger partial charge < -0.3 is 72.1 Å². The van der Waals surface area contributed by atoms with Gasteiger partial charge in [-0.1, -0.05) is 360 Å². The highest BCUT2D eigenvalue weighted by atomic mass is 31.2. The third-order valence-electron chi connectivity index (χ3n) is 22.6. The van der Waals surface area contributed by atoms with E-state index in [9.17, 15) is 60.0 Å². The van der Waals surface area contributed by atoms with Gasteiger partial charge in [0, 0.05) is 56.5 Å². The highest BCUT2D eigenvalue weighted by Crippen LogP contribution is 2.56. The van der Waals surface area contributed by atoms with Crippen LogP contribution in [0.15, 0.2) is 504 Å². The van der Waals surface area contributed by atoms with Gasteiger partial charge in [0.15, 0.2) is 17.3 Å². The number of rotatable bonds is 19. The highest BCUT2D eigenvalue weighted by molar-refractivity contribution is 8.02. The second-order valence-corrected chi connectivity index (χ2v) is 39.8. The Balaban J connectivity index is 0.000000149. The quantitative estimate of drug-likeness (QED) is 0.0204. The first-order valence-electron chi connectivity index (χ1n) is 46.2. The van der Waals surface area contributed by atoms with E-state index in [0.717, 1.165) is 22.9 Å². The maximum absolute atomic E-state index is 12.5. The first-order chi connectivity index (χ1) is 69.9. The Kier molecular flexibility index (Phi) is 38.3. The van der Waals surface area contributed by atoms with Crippen molar-refractivity contribution in [3.63, 3.8) is 0 Å². The van der Waals surface area contributed by atoms with Crippen molar-refractivity contribution >= 4 is 97.5 Å². The van der Waals surface area contributed by atoms with Crippen molar-refractivity contribution in [3.8, 4) is 74.4 Å². The zero-order valence-electron chi connectivity index (χ0n) is 79.4. The summed E-state index contributed by atoms with van der Waals surface area (Å²) in [4.78, 5) is 47.9. The minimum absolute atomic E-state index is 0.0675. The molecule has 0 aromatic heterocycles. The van der Waals surface area contributed by atoms with E-state index in [0.29, 0.717) is 39.6 Å². The van der Waals surface area contributed by atoms with Crippen LogP contribution in [0.4, 0.5) is 17.1 Å². The zero-order valence-corrected chi connectivity index (χ0v) is 81.2. The normalized spacial score (nSPS) is 10.5. The molecule has 0 spiro atoms. The number of carbonyl (C=O) groups is 4. The van der Waals surface area contributed by atoms with Gasteiger partial charge in [0.25, 0.3) is 17.7 Å². The van der Waals surface area contributed by atoms with Gasteiger partial charge in [-0.15, -0.1) is 0 Å². The summed E-state index contributed by atoms with van der Waals surface area (Å²) in [6.45, 7) is 8.38. The average molecular weight is 1940 g/mol. The fourth-order valence-electron chi connectivity index (χ4n) is 15.7. The van der Waals surface area contributed by atoms with Crippen molar-refractivity contribution in [2.24, 2.45) is 0 Å². The molecular weight excluding hydrogens is 1830 g/mol. The lowest BCUT2D eigenvalue weighted by atomic mass is 9.92. The number of nitrogens with one attached hydrogen (secondary N) is 3. The van der Waals surface area contributed by atoms with Gasteiger partial charge in [-0.2, -0.15) is 0 Å². The van der Waals surface area contributed by atoms with E-state index >= 15 is 0 Å². The van der Waals surface area contributed by atoms with Gasteiger partial charge in [0.2, 0.25) is 0 Å². The molecule has 18 nitrogen and oxygen atoms in total. The monoisotopic (exact) mass is 1940 g/mol. The lowest BCUT2D eigenvalue weighted by Gasteiger charge is -2.27. The second kappa shape index (κ2) is 52.6. The molecule has 0 fully saturated rings. The van der Waals surface area contributed by atoms with Crippen LogP contribution in [0.5, 0.6) is 63.2 Å². The van der Waals surface area contributed by atoms with E-state index in [1.165, 1.54) is 97.0 Å². The number of phenols is 8. The molecule has 0 bridgehead atoms. The van der Waals surface area contributed by atoms with E-state index in [2.05, 4.69) is 250 Å². The lowest BCUT2D eigenvalue weighted by molar-refractivity contribution is -0.269. The van der Waals surface area contributed by atoms with Crippen LogP contribution < -0.4 is 73.7 Å². The topological polar surface area (TPSA) is 335 Å². The van der Waals surface area contributed by atoms with Gasteiger partial charge in [-0.05, 0) is 205 Å². The smallest absolute Gasteiger partial charge is 0.255 e. The number of amides is 3. The number of benzene rings is 19. The molecule has 20 heteroatoms. The van der Waals surface area contributed by atoms with Crippen molar-refractivity contribution in [2.75, 3.05) is 16.0 Å². The molecule has 11 N–H and O–H groups in total. The van der Waals surface area contributed by atoms with Crippen molar-refractivity contribution < 1.29 is 75.3 Å². The molecule has 0 saturated carbocycles. The zero-order chi connectivity index (χ0) is 102. The Labute approximate surface area is 839 Å². The van der Waals surface area contributed by atoms with Gasteiger partial charge in [0.1, 0.15) is 91.5 Å². The van der Waals surface area contributed by atoms with Crippen LogP contribution in [0, 0.1) is 0 Å². The number of aromatic hydroxyl groups is 8. The summed E-state index contributed by atoms with van der Waals surface area (Å²) in [5.74, 6) is -1.08. The average Bonchev–Trinajstić information content (AvgIpc) is 0.738. The summed E-state index contributed by atoms with van der Waals surface area (Å²) >= 11 is 0. The first kappa shape index (κ1) is 105. The summed E-state index contributed by atoms with van der Waals surface area (Å²) in [6.07, 6.45) is 0. The highest BCUT2D eigenvalue weighted by Gasteiger charge is 2.49. The first-order valence-corrected chi connectivity index (χ1v) is 49.8. The van der Waals surface area contributed by atoms with Crippen LogP contribution in [0.1, 0.15) is 97.7 Å². The van der Waals surface area contributed by atoms with Crippen molar-refractivity contribution in [3.05, 3.63) is 542 Å². The predicted octanol–water partition coefficient (Wildman–Crippen LogP) is 22.5. The third kappa shape index (κ3) is 27.9. The molecule has 0 radical (unpaired) electrons. The Morgan fingerprint density at radius 3 is 0.743 bits per heavy atom. The molecule has 0 saturated heterocycles. The second-order valence-electron chi connectivity index (χ2n) is 33.0. The van der Waals surface area contributed by atoms with Crippen molar-refractivity contribution in [2.45, 2.75) is 39.5 Å². The summed E-state index contributed by atoms with van der Waals surface area (Å²) < 4.78 is 0. The Morgan fingerprint density at radius 1 is 0.222 bits per heavy atom. The van der Waals surface area contributed by atoms with Crippen LogP contribution in [-0.4, -0.2) is 64.4 Å². The van der Waals surface area contributed by atoms with Crippen LogP contribution in [-0.2, 0) is 0 Å². The molecule has 0 aliphatic carbocycles. The molecular formula is C124H108N3O15P2-. The summed E-state index contributed by atoms with van der Waals surface area (Å²) in [7, 11) is -4.07. The van der Waals surface area contributed by atoms with E-state index in [4.69, 9.17) is 15.3 Å². The lowest BCUT2D eigenvalue weighted by Crippen LogP contribution is -2.38. The van der Waals surface area contributed by atoms with E-state index < -0.39 is 14.5 Å². The Bertz CT molecular complexity index is 6750. The molecule has 19 rings (SSSR count). The number of ketones is 1. The van der Waals surface area contributed by atoms with Crippen LogP contribution in [0.25, 0.3) is 11.1 Å². The summed E-state index contributed by atoms with van der Waals surface area (Å²) in [5.41, 5.74) is 6.83. The van der Waals surface area contributed by atoms with Gasteiger partial charge >= 0.3 is 0 Å². The van der Waals surface area contributed by atoms with Gasteiger partial charge in [-0.25, -0.2) is 0 Å². The van der Waals surface area contributed by atoms with Crippen LogP contribution in [0.3, 0.4) is 0 Å². The predicted molar refractivity (Wildman–Crippen MR) is 579 cm³/mol. The minimum atomic E-state index is -2.04. The van der Waals surface area contributed by atoms with Crippen molar-refractivity contribution in [1.82, 2.24) is 0 Å². The molecule has 0 heterocycles. The standard InChI is InChI=1S/2C24H19OP.C19H23NO2.2C13H11NO2.C13H10O3.C12H10O2.C6H6O2/c2*25-20-16-18-24(19-17-20)26(21-10-4-1-5-11-21,22-12-6-2-7-13-22)23-14-8-3-9-15-23;1-12(2)14-9-7-10-15(13(3)4)18(14)20-19(22)16-8-5-6-11-17(16)21;2*15-12-9-5-4-8-11(12)13(16)14-10-6-2-1-3-7-10;14-10-6-7-11(12(15)8-10)13(16)9-4-2-1-3-5-9;13-11-7-3-1-5-9(11)10-6-2-4-8-12(10)14;7-5-3-1-2-4-6(5)8/h2*1-19H;5-13,21H,1-4H3,(H,20,22);2*1-9,15H,(H,14,16);1-8,14-15H;1-8,13-14H;1-4,7-8H/p-1. The number of hydrogen-bond donors (Lipinski definition) is 11. The third-order valence-corrected chi connectivity index (χ3v) is 31.2. The summed E-state index contributed by atoms with van der Waals surface area (Å²) in [5, 5.41) is 128. The molecule has 0 unspecified atom stereocenters. The van der Waals surface area contributed by atoms with E-state index in [1.54, 1.807) is 164 Å². The number of anilines is 3. The number of carbonyl (C=O) groups excluding carboxylic acids is 4. The van der Waals surface area contributed by atoms with Crippen LogP contribution >= 0.6 is 14.5 Å². The number of hydrogen-bond acceptors (Lipinski definition) is 15. The molecule has 19 aromatic rings. The van der Waals surface area contributed by atoms with E-state index in [1.807, 2.05) is 72.8 Å². The van der Waals surface area contributed by atoms with Crippen molar-refractivity contribution in [1.29, 1.82) is 0 Å². The molecule has 3 amide bonds. The fourth-order valence-corrected chi connectivity index (χ4v) is 24.1. The van der Waals surface area contributed by atoms with Crippen LogP contribution in [0.2, 0.25) is 0 Å². The minimum Gasteiger partial charge on any atom is -0.872 e. The van der Waals surface area contributed by atoms with E-state index in [-0.39, 0.29) is 109 Å². The maximum Gasteiger partial charge on any atom is 0.255 e. The Morgan fingerprint density at radius 2 is 0.465 bits per heavy atom. The number of para-hydroxylation sites is 10. The molecule has 720 valence electrons. The maximum atomic E-state index is 12.5.